The number of thioether (sulfide) groups is 2. The fourth-order valence-electron chi connectivity index (χ4n) is 3.82. The van der Waals surface area contributed by atoms with E-state index in [4.69, 9.17) is 4.99 Å². The molecular formula is C24H21N3OS2. The molecule has 2 aliphatic heterocycles. The number of amidine groups is 1. The van der Waals surface area contributed by atoms with Gasteiger partial charge in [-0.2, -0.15) is 0 Å². The lowest BCUT2D eigenvalue weighted by atomic mass is 10.00. The molecule has 3 aliphatic rings. The molecule has 1 atom stereocenters. The van der Waals surface area contributed by atoms with Gasteiger partial charge in [-0.25, -0.2) is 0 Å². The summed E-state index contributed by atoms with van der Waals surface area (Å²) in [7, 11) is 2.11. The Kier molecular flexibility index (Phi) is 5.37. The molecule has 150 valence electrons. The fraction of sp³-hybridized carbons (Fsp3) is 0.167. The maximum absolute atomic E-state index is 13.6. The first-order chi connectivity index (χ1) is 14.7. The van der Waals surface area contributed by atoms with Gasteiger partial charge in [0.25, 0.3) is 5.91 Å². The number of likely N-dealkylation sites (N-methyl/N-ethyl adjacent to an activating group) is 1. The molecule has 2 heterocycles. The van der Waals surface area contributed by atoms with Crippen LogP contribution in [0.15, 0.2) is 99.3 Å². The summed E-state index contributed by atoms with van der Waals surface area (Å²) in [5.41, 5.74) is 3.05. The van der Waals surface area contributed by atoms with Gasteiger partial charge in [0, 0.05) is 10.8 Å². The molecule has 2 aromatic carbocycles. The van der Waals surface area contributed by atoms with Gasteiger partial charge in [0.2, 0.25) is 0 Å². The number of fused-ring (bicyclic) bond motifs is 1. The summed E-state index contributed by atoms with van der Waals surface area (Å²) in [5, 5.41) is 0.732. The molecule has 30 heavy (non-hydrogen) atoms. The third kappa shape index (κ3) is 3.55. The Morgan fingerprint density at radius 1 is 1.07 bits per heavy atom. The van der Waals surface area contributed by atoms with Crippen LogP contribution >= 0.6 is 23.5 Å². The van der Waals surface area contributed by atoms with E-state index in [1.807, 2.05) is 60.3 Å². The fourth-order valence-corrected chi connectivity index (χ4v) is 6.02. The molecule has 1 unspecified atom stereocenters. The zero-order valence-corrected chi connectivity index (χ0v) is 18.2. The zero-order valence-electron chi connectivity index (χ0n) is 16.6. The highest BCUT2D eigenvalue weighted by atomic mass is 32.2. The van der Waals surface area contributed by atoms with E-state index in [2.05, 4.69) is 42.3 Å². The molecule has 5 rings (SSSR count). The molecule has 0 radical (unpaired) electrons. The van der Waals surface area contributed by atoms with Crippen molar-refractivity contribution in [1.29, 1.82) is 0 Å². The summed E-state index contributed by atoms with van der Waals surface area (Å²) in [5.74, 6) is 0.940. The van der Waals surface area contributed by atoms with E-state index in [1.54, 1.807) is 4.90 Å². The lowest BCUT2D eigenvalue weighted by Gasteiger charge is -2.24. The van der Waals surface area contributed by atoms with Crippen LogP contribution < -0.4 is 4.90 Å². The number of nitrogens with zero attached hydrogens (tertiary/aromatic N) is 3. The molecule has 2 fully saturated rings. The number of hydrogen-bond acceptors (Lipinski definition) is 5. The number of anilines is 1. The van der Waals surface area contributed by atoms with Crippen molar-refractivity contribution < 1.29 is 4.79 Å². The second-order valence-corrected chi connectivity index (χ2v) is 9.30. The summed E-state index contributed by atoms with van der Waals surface area (Å²) in [6.07, 6.45) is 6.30. The average Bonchev–Trinajstić information content (AvgIpc) is 3.33. The van der Waals surface area contributed by atoms with Crippen LogP contribution in [-0.2, 0) is 11.3 Å². The highest BCUT2D eigenvalue weighted by Gasteiger charge is 2.40. The van der Waals surface area contributed by atoms with Gasteiger partial charge in [-0.15, -0.1) is 11.8 Å². The number of para-hydroxylation sites is 1. The van der Waals surface area contributed by atoms with Gasteiger partial charge in [0.1, 0.15) is 0 Å². The number of allylic oxidation sites excluding steroid dienone is 2. The third-order valence-electron chi connectivity index (χ3n) is 5.27. The van der Waals surface area contributed by atoms with Gasteiger partial charge >= 0.3 is 0 Å². The predicted octanol–water partition coefficient (Wildman–Crippen LogP) is 5.04. The van der Waals surface area contributed by atoms with Crippen molar-refractivity contribution in [2.24, 2.45) is 4.99 Å². The van der Waals surface area contributed by atoms with Crippen LogP contribution in [0, 0.1) is 0 Å². The quantitative estimate of drug-likeness (QED) is 0.638. The summed E-state index contributed by atoms with van der Waals surface area (Å²) < 4.78 is 0. The summed E-state index contributed by atoms with van der Waals surface area (Å²) in [6.45, 7) is 0.544. The van der Waals surface area contributed by atoms with Crippen LogP contribution in [0.25, 0.3) is 0 Å². The Labute approximate surface area is 185 Å². The van der Waals surface area contributed by atoms with Crippen molar-refractivity contribution in [3.8, 4) is 0 Å². The van der Waals surface area contributed by atoms with Gasteiger partial charge in [-0.3, -0.25) is 19.6 Å². The predicted molar refractivity (Wildman–Crippen MR) is 127 cm³/mol. The molecule has 4 nitrogen and oxygen atoms in total. The molecule has 1 amide bonds. The first kappa shape index (κ1) is 19.4. The molecule has 0 aromatic heterocycles. The summed E-state index contributed by atoms with van der Waals surface area (Å²) in [4.78, 5) is 24.6. The van der Waals surface area contributed by atoms with Crippen LogP contribution in [-0.4, -0.2) is 34.9 Å². The molecule has 2 saturated heterocycles. The number of rotatable bonds is 3. The Morgan fingerprint density at radius 2 is 1.80 bits per heavy atom. The van der Waals surface area contributed by atoms with Crippen molar-refractivity contribution in [1.82, 2.24) is 4.90 Å². The van der Waals surface area contributed by atoms with Crippen molar-refractivity contribution >= 4 is 40.3 Å². The van der Waals surface area contributed by atoms with E-state index < -0.39 is 0 Å². The minimum atomic E-state index is 0.00390. The SMILES string of the molecule is CN1CSC2=CC=CC(=C3SC(=NCc4ccccc4)N(c4ccccc4)C3=O)C21. The first-order valence-corrected chi connectivity index (χ1v) is 11.6. The monoisotopic (exact) mass is 431 g/mol. The lowest BCUT2D eigenvalue weighted by molar-refractivity contribution is -0.113. The normalized spacial score (nSPS) is 25.2. The van der Waals surface area contributed by atoms with E-state index in [0.29, 0.717) is 6.54 Å². The molecule has 0 saturated carbocycles. The van der Waals surface area contributed by atoms with E-state index >= 15 is 0 Å². The molecular weight excluding hydrogens is 410 g/mol. The van der Waals surface area contributed by atoms with Crippen molar-refractivity contribution in [2.75, 3.05) is 17.8 Å². The lowest BCUT2D eigenvalue weighted by Crippen LogP contribution is -2.32. The third-order valence-corrected chi connectivity index (χ3v) is 7.61. The van der Waals surface area contributed by atoms with Gasteiger partial charge < -0.3 is 0 Å². The second-order valence-electron chi connectivity index (χ2n) is 7.31. The van der Waals surface area contributed by atoms with Crippen LogP contribution in [0.2, 0.25) is 0 Å². The zero-order chi connectivity index (χ0) is 20.5. The van der Waals surface area contributed by atoms with Gasteiger partial charge in [0.05, 0.1) is 23.2 Å². The largest absolute Gasteiger partial charge is 0.285 e. The van der Waals surface area contributed by atoms with Crippen molar-refractivity contribution in [2.45, 2.75) is 12.6 Å². The number of amides is 1. The van der Waals surface area contributed by atoms with E-state index in [-0.39, 0.29) is 11.9 Å². The Hall–Kier alpha value is -2.54. The molecule has 1 aliphatic carbocycles. The molecule has 6 heteroatoms. The standard InChI is InChI=1S/C24H21N3OS2/c1-26-16-29-20-14-8-13-19(21(20)26)22-23(28)27(18-11-6-3-7-12-18)24(30-22)25-15-17-9-4-2-5-10-17/h2-14,21H,15-16H2,1H3. The first-order valence-electron chi connectivity index (χ1n) is 9.83. The number of benzene rings is 2. The molecule has 0 bridgehead atoms. The number of carbonyl (C=O) groups is 1. The highest BCUT2D eigenvalue weighted by molar-refractivity contribution is 8.19. The molecule has 0 N–H and O–H groups in total. The smallest absolute Gasteiger partial charge is 0.271 e. The van der Waals surface area contributed by atoms with Crippen LogP contribution in [0.5, 0.6) is 0 Å². The average molecular weight is 432 g/mol. The van der Waals surface area contributed by atoms with E-state index in [9.17, 15) is 4.79 Å². The minimum Gasteiger partial charge on any atom is -0.285 e. The summed E-state index contributed by atoms with van der Waals surface area (Å²) >= 11 is 3.33. The van der Waals surface area contributed by atoms with Crippen LogP contribution in [0.3, 0.4) is 0 Å². The van der Waals surface area contributed by atoms with Gasteiger partial charge in [-0.05, 0) is 42.1 Å². The van der Waals surface area contributed by atoms with Gasteiger partial charge in [0.15, 0.2) is 5.17 Å². The summed E-state index contributed by atoms with van der Waals surface area (Å²) in [6, 6.07) is 20.1. The maximum Gasteiger partial charge on any atom is 0.271 e. The second kappa shape index (κ2) is 8.30. The molecule has 2 aromatic rings. The number of aliphatic imine (C=N–C) groups is 1. The van der Waals surface area contributed by atoms with E-state index in [0.717, 1.165) is 32.8 Å². The van der Waals surface area contributed by atoms with E-state index in [1.165, 1.54) is 16.7 Å². The van der Waals surface area contributed by atoms with Crippen molar-refractivity contribution in [3.63, 3.8) is 0 Å². The number of carbonyl (C=O) groups excluding carboxylic acids is 1. The van der Waals surface area contributed by atoms with Crippen LogP contribution in [0.1, 0.15) is 5.56 Å². The topological polar surface area (TPSA) is 35.9 Å². The maximum atomic E-state index is 13.6. The number of hydrogen-bond donors (Lipinski definition) is 0. The Morgan fingerprint density at radius 3 is 2.57 bits per heavy atom. The highest BCUT2D eigenvalue weighted by Crippen LogP contribution is 2.44. The van der Waals surface area contributed by atoms with Crippen LogP contribution in [0.4, 0.5) is 5.69 Å². The Balaban J connectivity index is 1.56. The minimum absolute atomic E-state index is 0.00390. The molecule has 0 spiro atoms. The Bertz CT molecular complexity index is 1090. The van der Waals surface area contributed by atoms with Gasteiger partial charge in [-0.1, -0.05) is 66.8 Å². The van der Waals surface area contributed by atoms with Crippen molar-refractivity contribution in [3.05, 3.63) is 99.8 Å².